The van der Waals surface area contributed by atoms with Gasteiger partial charge in [0.25, 0.3) is 0 Å². The first-order valence-electron chi connectivity index (χ1n) is 12.1. The third kappa shape index (κ3) is 8.50. The van der Waals surface area contributed by atoms with Gasteiger partial charge < -0.3 is 14.2 Å². The molecule has 1 heterocycles. The Labute approximate surface area is 218 Å². The number of nitrogens with one attached hydrogen (secondary N) is 1. The van der Waals surface area contributed by atoms with Crippen molar-refractivity contribution < 1.29 is 26.9 Å². The van der Waals surface area contributed by atoms with Crippen molar-refractivity contribution in [2.45, 2.75) is 64.1 Å². The largest absolute Gasteiger partial charge is 0.444 e. The van der Waals surface area contributed by atoms with Crippen molar-refractivity contribution in [2.75, 3.05) is 12.8 Å². The number of amides is 2. The summed E-state index contributed by atoms with van der Waals surface area (Å²) >= 11 is 0. The number of rotatable bonds is 7. The zero-order valence-corrected chi connectivity index (χ0v) is 22.4. The smallest absolute Gasteiger partial charge is 0.410 e. The highest BCUT2D eigenvalue weighted by atomic mass is 32.2. The molecule has 10 heteroatoms. The molecule has 0 spiro atoms. The Hall–Kier alpha value is -3.58. The highest BCUT2D eigenvalue weighted by Gasteiger charge is 2.35. The number of carbonyl (C=O) groups excluding carboxylic acids is 2. The van der Waals surface area contributed by atoms with Crippen LogP contribution in [0.15, 0.2) is 48.5 Å². The Kier molecular flexibility index (Phi) is 8.81. The second-order valence-corrected chi connectivity index (χ2v) is 11.7. The van der Waals surface area contributed by atoms with E-state index >= 15 is 0 Å². The van der Waals surface area contributed by atoms with Gasteiger partial charge in [0.1, 0.15) is 23.4 Å². The molecule has 9 nitrogen and oxygen atoms in total. The molecule has 1 aliphatic heterocycles. The molecule has 198 valence electrons. The molecule has 1 saturated heterocycles. The molecule has 0 aromatic heterocycles. The van der Waals surface area contributed by atoms with Crippen LogP contribution >= 0.6 is 0 Å². The maximum absolute atomic E-state index is 13.0. The minimum absolute atomic E-state index is 0.235. The summed E-state index contributed by atoms with van der Waals surface area (Å²) in [6.07, 6.45) is 2.91. The van der Waals surface area contributed by atoms with E-state index in [-0.39, 0.29) is 11.7 Å². The van der Waals surface area contributed by atoms with Gasteiger partial charge in [0.05, 0.1) is 12.3 Å². The fourth-order valence-electron chi connectivity index (χ4n) is 4.09. The summed E-state index contributed by atoms with van der Waals surface area (Å²) in [7, 11) is -3.59. The minimum Gasteiger partial charge on any atom is -0.444 e. The van der Waals surface area contributed by atoms with Crippen LogP contribution in [0, 0.1) is 11.3 Å². The van der Waals surface area contributed by atoms with Gasteiger partial charge in [-0.3, -0.25) is 9.69 Å². The topological polar surface area (TPSA) is 126 Å². The van der Waals surface area contributed by atoms with Gasteiger partial charge >= 0.3 is 16.2 Å². The molecular weight excluding hydrogens is 494 g/mol. The van der Waals surface area contributed by atoms with E-state index in [1.807, 2.05) is 24.3 Å². The van der Waals surface area contributed by atoms with E-state index in [4.69, 9.17) is 8.92 Å². The number of carbonyl (C=O) groups is 2. The first kappa shape index (κ1) is 28.0. The van der Waals surface area contributed by atoms with E-state index in [9.17, 15) is 23.3 Å². The highest BCUT2D eigenvalue weighted by Crippen LogP contribution is 2.24. The van der Waals surface area contributed by atoms with Crippen LogP contribution in [0.4, 0.5) is 4.79 Å². The van der Waals surface area contributed by atoms with Gasteiger partial charge in [0, 0.05) is 13.0 Å². The van der Waals surface area contributed by atoms with Crippen LogP contribution in [-0.2, 0) is 26.1 Å². The van der Waals surface area contributed by atoms with Crippen molar-refractivity contribution in [3.8, 4) is 22.9 Å². The highest BCUT2D eigenvalue weighted by molar-refractivity contribution is 7.86. The van der Waals surface area contributed by atoms with Crippen LogP contribution in [0.2, 0.25) is 0 Å². The Bertz CT molecular complexity index is 1250. The van der Waals surface area contributed by atoms with Crippen LogP contribution < -0.4 is 9.50 Å². The molecule has 0 aliphatic carbocycles. The fourth-order valence-corrected chi connectivity index (χ4v) is 4.55. The Morgan fingerprint density at radius 2 is 1.68 bits per heavy atom. The van der Waals surface area contributed by atoms with Gasteiger partial charge in [-0.2, -0.15) is 13.7 Å². The van der Waals surface area contributed by atoms with Gasteiger partial charge in [0.2, 0.25) is 5.91 Å². The molecule has 37 heavy (non-hydrogen) atoms. The molecule has 2 atom stereocenters. The van der Waals surface area contributed by atoms with Crippen molar-refractivity contribution in [1.82, 2.24) is 10.2 Å². The number of hydrogen-bond acceptors (Lipinski definition) is 7. The molecule has 1 N–H and O–H groups in total. The molecular formula is C27H33N3O6S. The number of hydrogen-bond donors (Lipinski definition) is 1. The first-order valence-corrected chi connectivity index (χ1v) is 13.9. The van der Waals surface area contributed by atoms with Crippen molar-refractivity contribution in [3.05, 3.63) is 54.1 Å². The van der Waals surface area contributed by atoms with Crippen molar-refractivity contribution >= 4 is 22.1 Å². The maximum atomic E-state index is 13.0. The lowest BCUT2D eigenvalue weighted by Gasteiger charge is -2.36. The Morgan fingerprint density at radius 3 is 2.22 bits per heavy atom. The van der Waals surface area contributed by atoms with E-state index in [0.717, 1.165) is 35.8 Å². The lowest BCUT2D eigenvalue weighted by atomic mass is 9.99. The standard InChI is InChI=1S/C27H33N3O6S/c1-27(2,3)35-26(32)30-16-6-5-7-24(30)25(31)29-22(18-28)17-19-8-10-20(11-9-19)21-12-14-23(15-13-21)36-37(4,33)34/h8-15,22,24H,5-7,16-17H2,1-4H3,(H,29,31)/t22-,24-/m0/s1. The molecule has 0 saturated carbocycles. The van der Waals surface area contributed by atoms with E-state index in [1.54, 1.807) is 45.0 Å². The van der Waals surface area contributed by atoms with Crippen LogP contribution in [0.25, 0.3) is 11.1 Å². The monoisotopic (exact) mass is 527 g/mol. The van der Waals surface area contributed by atoms with Gasteiger partial charge in [-0.25, -0.2) is 4.79 Å². The number of piperidine rings is 1. The molecule has 1 fully saturated rings. The van der Waals surface area contributed by atoms with E-state index in [0.29, 0.717) is 19.4 Å². The summed E-state index contributed by atoms with van der Waals surface area (Å²) < 4.78 is 32.9. The predicted molar refractivity (Wildman–Crippen MR) is 139 cm³/mol. The van der Waals surface area contributed by atoms with Crippen molar-refractivity contribution in [2.24, 2.45) is 0 Å². The third-order valence-corrected chi connectivity index (χ3v) is 6.23. The van der Waals surface area contributed by atoms with Gasteiger partial charge in [-0.1, -0.05) is 36.4 Å². The number of nitriles is 1. The molecule has 3 rings (SSSR count). The molecule has 2 aromatic carbocycles. The minimum atomic E-state index is -3.59. The second-order valence-electron chi connectivity index (χ2n) is 10.1. The summed E-state index contributed by atoms with van der Waals surface area (Å²) in [6, 6.07) is 14.9. The zero-order valence-electron chi connectivity index (χ0n) is 21.6. The molecule has 0 radical (unpaired) electrons. The molecule has 0 bridgehead atoms. The normalized spacial score (nSPS) is 16.8. The Morgan fingerprint density at radius 1 is 1.08 bits per heavy atom. The van der Waals surface area contributed by atoms with E-state index in [2.05, 4.69) is 11.4 Å². The second kappa shape index (κ2) is 11.6. The van der Waals surface area contributed by atoms with Gasteiger partial charge in [-0.15, -0.1) is 0 Å². The average Bonchev–Trinajstić information content (AvgIpc) is 2.82. The SMILES string of the molecule is CC(C)(C)OC(=O)N1CCCC[C@H]1C(=O)N[C@H](C#N)Cc1ccc(-c2ccc(OS(C)(=O)=O)cc2)cc1. The summed E-state index contributed by atoms with van der Waals surface area (Å²) in [4.78, 5) is 27.1. The summed E-state index contributed by atoms with van der Waals surface area (Å²) in [5.41, 5.74) is 1.97. The molecule has 2 aromatic rings. The quantitative estimate of drug-likeness (QED) is 0.539. The zero-order chi connectivity index (χ0) is 27.2. The van der Waals surface area contributed by atoms with Gasteiger partial charge in [-0.05, 0) is 68.9 Å². The van der Waals surface area contributed by atoms with Crippen LogP contribution in [-0.4, -0.2) is 55.8 Å². The number of nitrogens with zero attached hydrogens (tertiary/aromatic N) is 2. The van der Waals surface area contributed by atoms with E-state index in [1.165, 1.54) is 4.90 Å². The number of benzene rings is 2. The maximum Gasteiger partial charge on any atom is 0.410 e. The first-order chi connectivity index (χ1) is 17.3. The van der Waals surface area contributed by atoms with E-state index < -0.39 is 33.9 Å². The van der Waals surface area contributed by atoms with Crippen LogP contribution in [0.5, 0.6) is 5.75 Å². The van der Waals surface area contributed by atoms with Crippen molar-refractivity contribution in [3.63, 3.8) is 0 Å². The summed E-state index contributed by atoms with van der Waals surface area (Å²) in [5.74, 6) is -0.121. The molecule has 1 aliphatic rings. The van der Waals surface area contributed by atoms with Crippen LogP contribution in [0.1, 0.15) is 45.6 Å². The predicted octanol–water partition coefficient (Wildman–Crippen LogP) is 4.03. The van der Waals surface area contributed by atoms with Crippen molar-refractivity contribution in [1.29, 1.82) is 5.26 Å². The molecule has 2 amide bonds. The number of likely N-dealkylation sites (tertiary alicyclic amines) is 1. The Balaban J connectivity index is 1.62. The molecule has 0 unspecified atom stereocenters. The van der Waals surface area contributed by atoms with Gasteiger partial charge in [0.15, 0.2) is 0 Å². The summed E-state index contributed by atoms with van der Waals surface area (Å²) in [5, 5.41) is 12.5. The lowest BCUT2D eigenvalue weighted by Crippen LogP contribution is -2.54. The lowest BCUT2D eigenvalue weighted by molar-refractivity contribution is -0.128. The number of ether oxygens (including phenoxy) is 1. The van der Waals surface area contributed by atoms with Crippen LogP contribution in [0.3, 0.4) is 0 Å². The average molecular weight is 528 g/mol. The fraction of sp³-hybridized carbons (Fsp3) is 0.444. The third-order valence-electron chi connectivity index (χ3n) is 5.73. The summed E-state index contributed by atoms with van der Waals surface area (Å²) in [6.45, 7) is 5.78.